The van der Waals surface area contributed by atoms with Crippen molar-refractivity contribution in [3.8, 4) is 0 Å². The SMILES string of the molecule is CC(=O)Nc1ccc(N)cc1.O=C(O)CCC(=O)O. The summed E-state index contributed by atoms with van der Waals surface area (Å²) in [5, 5.41) is 18.4. The van der Waals surface area contributed by atoms with E-state index in [9.17, 15) is 14.4 Å². The molecule has 7 heteroatoms. The van der Waals surface area contributed by atoms with Crippen LogP contribution >= 0.6 is 0 Å². The average Bonchev–Trinajstić information content (AvgIpc) is 2.30. The number of hydrogen-bond acceptors (Lipinski definition) is 4. The van der Waals surface area contributed by atoms with Crippen LogP contribution in [0.4, 0.5) is 11.4 Å². The Bertz CT molecular complexity index is 428. The monoisotopic (exact) mass is 268 g/mol. The van der Waals surface area contributed by atoms with Gasteiger partial charge in [0.1, 0.15) is 0 Å². The summed E-state index contributed by atoms with van der Waals surface area (Å²) < 4.78 is 0. The number of aliphatic carboxylic acids is 2. The van der Waals surface area contributed by atoms with Gasteiger partial charge in [0.15, 0.2) is 0 Å². The van der Waals surface area contributed by atoms with E-state index in [-0.39, 0.29) is 18.7 Å². The lowest BCUT2D eigenvalue weighted by atomic mass is 10.3. The Kier molecular flexibility index (Phi) is 7.36. The Morgan fingerprint density at radius 2 is 1.47 bits per heavy atom. The van der Waals surface area contributed by atoms with Crippen LogP contribution in [-0.4, -0.2) is 28.1 Å². The maximum Gasteiger partial charge on any atom is 0.303 e. The van der Waals surface area contributed by atoms with Crippen LogP contribution in [0, 0.1) is 0 Å². The highest BCUT2D eigenvalue weighted by atomic mass is 16.4. The first-order valence-electron chi connectivity index (χ1n) is 5.38. The third kappa shape index (κ3) is 10.3. The van der Waals surface area contributed by atoms with E-state index in [1.807, 2.05) is 0 Å². The molecule has 0 aliphatic carbocycles. The maximum atomic E-state index is 10.6. The van der Waals surface area contributed by atoms with Crippen molar-refractivity contribution in [3.63, 3.8) is 0 Å². The molecule has 0 unspecified atom stereocenters. The molecule has 0 fully saturated rings. The summed E-state index contributed by atoms with van der Waals surface area (Å²) in [6.07, 6.45) is -0.593. The van der Waals surface area contributed by atoms with Crippen LogP contribution in [0.1, 0.15) is 19.8 Å². The zero-order chi connectivity index (χ0) is 14.8. The topological polar surface area (TPSA) is 130 Å². The summed E-state index contributed by atoms with van der Waals surface area (Å²) in [7, 11) is 0. The number of nitrogen functional groups attached to an aromatic ring is 1. The van der Waals surface area contributed by atoms with E-state index in [4.69, 9.17) is 15.9 Å². The van der Waals surface area contributed by atoms with E-state index in [1.54, 1.807) is 24.3 Å². The number of nitrogens with two attached hydrogens (primary N) is 1. The molecule has 0 spiro atoms. The summed E-state index contributed by atoms with van der Waals surface area (Å²) in [6.45, 7) is 1.47. The predicted molar refractivity (Wildman–Crippen MR) is 69.7 cm³/mol. The highest BCUT2D eigenvalue weighted by molar-refractivity contribution is 5.88. The molecule has 0 aliphatic rings. The van der Waals surface area contributed by atoms with Crippen molar-refractivity contribution in [1.29, 1.82) is 0 Å². The molecule has 1 amide bonds. The molecule has 0 aliphatic heterocycles. The van der Waals surface area contributed by atoms with Gasteiger partial charge in [-0.3, -0.25) is 14.4 Å². The van der Waals surface area contributed by atoms with Gasteiger partial charge >= 0.3 is 11.9 Å². The molecular weight excluding hydrogens is 252 g/mol. The molecule has 0 heterocycles. The van der Waals surface area contributed by atoms with Gasteiger partial charge in [0.05, 0.1) is 12.8 Å². The molecule has 1 aromatic carbocycles. The summed E-state index contributed by atoms with van der Waals surface area (Å²) in [5.41, 5.74) is 6.91. The highest BCUT2D eigenvalue weighted by Crippen LogP contribution is 2.09. The summed E-state index contributed by atoms with van der Waals surface area (Å²) in [6, 6.07) is 7.00. The van der Waals surface area contributed by atoms with Gasteiger partial charge in [0.2, 0.25) is 5.91 Å². The van der Waals surface area contributed by atoms with E-state index in [0.29, 0.717) is 5.69 Å². The minimum atomic E-state index is -1.08. The van der Waals surface area contributed by atoms with Gasteiger partial charge in [-0.15, -0.1) is 0 Å². The smallest absolute Gasteiger partial charge is 0.303 e. The summed E-state index contributed by atoms with van der Waals surface area (Å²) >= 11 is 0. The molecule has 104 valence electrons. The van der Waals surface area contributed by atoms with Crippen LogP contribution in [0.3, 0.4) is 0 Å². The normalized spacial score (nSPS) is 8.89. The number of carboxylic acids is 2. The van der Waals surface area contributed by atoms with Crippen LogP contribution in [0.15, 0.2) is 24.3 Å². The van der Waals surface area contributed by atoms with Crippen molar-refractivity contribution in [2.75, 3.05) is 11.1 Å². The standard InChI is InChI=1S/C8H10N2O.C4H6O4/c1-6(11)10-8-4-2-7(9)3-5-8;5-3(6)1-2-4(7)8/h2-5H,9H2,1H3,(H,10,11);1-2H2,(H,5,6)(H,7,8). The lowest BCUT2D eigenvalue weighted by molar-refractivity contribution is -0.143. The zero-order valence-electron chi connectivity index (χ0n) is 10.4. The third-order valence-electron chi connectivity index (χ3n) is 1.78. The fraction of sp³-hybridized carbons (Fsp3) is 0.250. The van der Waals surface area contributed by atoms with Gasteiger partial charge in [0.25, 0.3) is 0 Å². The Hall–Kier alpha value is -2.57. The van der Waals surface area contributed by atoms with Gasteiger partial charge in [-0.1, -0.05) is 0 Å². The van der Waals surface area contributed by atoms with Crippen molar-refractivity contribution in [3.05, 3.63) is 24.3 Å². The number of carboxylic acid groups (broad SMARTS) is 2. The molecule has 0 radical (unpaired) electrons. The number of carbonyl (C=O) groups is 3. The third-order valence-corrected chi connectivity index (χ3v) is 1.78. The van der Waals surface area contributed by atoms with Crippen molar-refractivity contribution in [2.24, 2.45) is 0 Å². The van der Waals surface area contributed by atoms with Crippen molar-refractivity contribution in [2.45, 2.75) is 19.8 Å². The Balaban J connectivity index is 0.000000362. The number of nitrogens with one attached hydrogen (secondary N) is 1. The Morgan fingerprint density at radius 3 is 1.79 bits per heavy atom. The Morgan fingerprint density at radius 1 is 1.05 bits per heavy atom. The first kappa shape index (κ1) is 16.4. The molecule has 5 N–H and O–H groups in total. The van der Waals surface area contributed by atoms with Gasteiger partial charge in [-0.05, 0) is 24.3 Å². The fourth-order valence-electron chi connectivity index (χ4n) is 0.984. The Labute approximate surface area is 110 Å². The molecule has 7 nitrogen and oxygen atoms in total. The number of rotatable bonds is 4. The van der Waals surface area contributed by atoms with Gasteiger partial charge in [-0.2, -0.15) is 0 Å². The van der Waals surface area contributed by atoms with Gasteiger partial charge in [-0.25, -0.2) is 0 Å². The first-order valence-corrected chi connectivity index (χ1v) is 5.38. The minimum absolute atomic E-state index is 0.0743. The molecule has 0 saturated heterocycles. The van der Waals surface area contributed by atoms with E-state index >= 15 is 0 Å². The van der Waals surface area contributed by atoms with E-state index in [2.05, 4.69) is 5.32 Å². The average molecular weight is 268 g/mol. The fourth-order valence-corrected chi connectivity index (χ4v) is 0.984. The van der Waals surface area contributed by atoms with Crippen LogP contribution < -0.4 is 11.1 Å². The van der Waals surface area contributed by atoms with Crippen LogP contribution in [0.5, 0.6) is 0 Å². The molecule has 0 saturated carbocycles. The molecule has 19 heavy (non-hydrogen) atoms. The largest absolute Gasteiger partial charge is 0.481 e. The molecule has 0 atom stereocenters. The lowest BCUT2D eigenvalue weighted by Gasteiger charge is -2.00. The van der Waals surface area contributed by atoms with Crippen molar-refractivity contribution in [1.82, 2.24) is 0 Å². The van der Waals surface area contributed by atoms with E-state index in [0.717, 1.165) is 5.69 Å². The van der Waals surface area contributed by atoms with Crippen LogP contribution in [0.25, 0.3) is 0 Å². The maximum absolute atomic E-state index is 10.6. The van der Waals surface area contributed by atoms with Gasteiger partial charge < -0.3 is 21.3 Å². The number of carbonyl (C=O) groups excluding carboxylic acids is 1. The van der Waals surface area contributed by atoms with Crippen molar-refractivity contribution < 1.29 is 24.6 Å². The molecule has 1 aromatic rings. The zero-order valence-corrected chi connectivity index (χ0v) is 10.4. The highest BCUT2D eigenvalue weighted by Gasteiger charge is 2.00. The molecule has 0 bridgehead atoms. The molecule has 0 aromatic heterocycles. The predicted octanol–water partition coefficient (Wildman–Crippen LogP) is 1.16. The quantitative estimate of drug-likeness (QED) is 0.606. The second kappa shape index (κ2) is 8.51. The van der Waals surface area contributed by atoms with Gasteiger partial charge in [0, 0.05) is 18.3 Å². The summed E-state index contributed by atoms with van der Waals surface area (Å²) in [5.74, 6) is -2.23. The first-order chi connectivity index (χ1) is 8.81. The van der Waals surface area contributed by atoms with Crippen LogP contribution in [-0.2, 0) is 14.4 Å². The number of hydrogen-bond donors (Lipinski definition) is 4. The number of amides is 1. The summed E-state index contributed by atoms with van der Waals surface area (Å²) in [4.78, 5) is 29.8. The lowest BCUT2D eigenvalue weighted by Crippen LogP contribution is -2.05. The second-order valence-corrected chi connectivity index (χ2v) is 3.59. The number of benzene rings is 1. The van der Waals surface area contributed by atoms with E-state index < -0.39 is 11.9 Å². The molecular formula is C12H16N2O5. The van der Waals surface area contributed by atoms with Crippen LogP contribution in [0.2, 0.25) is 0 Å². The minimum Gasteiger partial charge on any atom is -0.481 e. The second-order valence-electron chi connectivity index (χ2n) is 3.59. The molecule has 1 rings (SSSR count). The number of anilines is 2. The van der Waals surface area contributed by atoms with E-state index in [1.165, 1.54) is 6.92 Å². The van der Waals surface area contributed by atoms with Crippen molar-refractivity contribution >= 4 is 29.2 Å².